The van der Waals surface area contributed by atoms with Crippen molar-refractivity contribution in [3.63, 3.8) is 0 Å². The van der Waals surface area contributed by atoms with Crippen molar-refractivity contribution in [2.75, 3.05) is 33.4 Å². The highest BCUT2D eigenvalue weighted by atomic mass is 16.5. The molecule has 0 atom stereocenters. The van der Waals surface area contributed by atoms with Gasteiger partial charge in [0.1, 0.15) is 6.61 Å². The van der Waals surface area contributed by atoms with Crippen LogP contribution in [-0.4, -0.2) is 39.3 Å². The van der Waals surface area contributed by atoms with E-state index in [1.807, 2.05) is 0 Å². The van der Waals surface area contributed by atoms with Crippen LogP contribution >= 0.6 is 0 Å². The molecule has 82 valence electrons. The molecule has 0 spiro atoms. The molecule has 14 heavy (non-hydrogen) atoms. The van der Waals surface area contributed by atoms with Gasteiger partial charge in [0.2, 0.25) is 5.91 Å². The first-order valence-electron chi connectivity index (χ1n) is 5.32. The standard InChI is InChI=1S/C10H20N2O2/c1-11-10(13)8-14-7-4-9-2-5-12-6-3-9/h9,12H,2-8H2,1H3,(H,11,13). The van der Waals surface area contributed by atoms with Crippen molar-refractivity contribution in [3.8, 4) is 0 Å². The first-order valence-corrected chi connectivity index (χ1v) is 5.32. The highest BCUT2D eigenvalue weighted by Crippen LogP contribution is 2.15. The molecular formula is C10H20N2O2. The number of amides is 1. The molecule has 0 aliphatic carbocycles. The summed E-state index contributed by atoms with van der Waals surface area (Å²) >= 11 is 0. The van der Waals surface area contributed by atoms with E-state index in [1.54, 1.807) is 7.05 Å². The van der Waals surface area contributed by atoms with E-state index in [0.717, 1.165) is 25.4 Å². The molecule has 0 aromatic rings. The lowest BCUT2D eigenvalue weighted by Gasteiger charge is -2.22. The Morgan fingerprint density at radius 3 is 2.86 bits per heavy atom. The zero-order chi connectivity index (χ0) is 10.2. The SMILES string of the molecule is CNC(=O)COCCC1CCNCC1. The fourth-order valence-electron chi connectivity index (χ4n) is 1.66. The smallest absolute Gasteiger partial charge is 0.245 e. The summed E-state index contributed by atoms with van der Waals surface area (Å²) in [7, 11) is 1.62. The molecule has 4 nitrogen and oxygen atoms in total. The van der Waals surface area contributed by atoms with Gasteiger partial charge in [-0.15, -0.1) is 0 Å². The molecule has 1 aliphatic rings. The summed E-state index contributed by atoms with van der Waals surface area (Å²) in [5.41, 5.74) is 0. The van der Waals surface area contributed by atoms with E-state index >= 15 is 0 Å². The van der Waals surface area contributed by atoms with Gasteiger partial charge in [-0.25, -0.2) is 0 Å². The summed E-state index contributed by atoms with van der Waals surface area (Å²) < 4.78 is 5.26. The number of piperidine rings is 1. The normalized spacial score (nSPS) is 18.1. The quantitative estimate of drug-likeness (QED) is 0.621. The van der Waals surface area contributed by atoms with E-state index in [9.17, 15) is 4.79 Å². The second kappa shape index (κ2) is 6.79. The van der Waals surface area contributed by atoms with E-state index in [-0.39, 0.29) is 12.5 Å². The van der Waals surface area contributed by atoms with Crippen molar-refractivity contribution in [1.29, 1.82) is 0 Å². The molecule has 1 aliphatic heterocycles. The monoisotopic (exact) mass is 200 g/mol. The van der Waals surface area contributed by atoms with Gasteiger partial charge in [0, 0.05) is 13.7 Å². The van der Waals surface area contributed by atoms with E-state index in [2.05, 4.69) is 10.6 Å². The van der Waals surface area contributed by atoms with Crippen molar-refractivity contribution in [2.45, 2.75) is 19.3 Å². The van der Waals surface area contributed by atoms with E-state index in [0.29, 0.717) is 6.61 Å². The molecule has 1 amide bonds. The Morgan fingerprint density at radius 2 is 2.21 bits per heavy atom. The van der Waals surface area contributed by atoms with Crippen molar-refractivity contribution in [2.24, 2.45) is 5.92 Å². The van der Waals surface area contributed by atoms with Gasteiger partial charge in [-0.2, -0.15) is 0 Å². The maximum absolute atomic E-state index is 10.8. The van der Waals surface area contributed by atoms with Crippen LogP contribution in [0.25, 0.3) is 0 Å². The fraction of sp³-hybridized carbons (Fsp3) is 0.900. The Kier molecular flexibility index (Phi) is 5.56. The van der Waals surface area contributed by atoms with Crippen LogP contribution in [0.3, 0.4) is 0 Å². The number of rotatable bonds is 5. The summed E-state index contributed by atoms with van der Waals surface area (Å²) in [4.78, 5) is 10.8. The number of carbonyl (C=O) groups excluding carboxylic acids is 1. The van der Waals surface area contributed by atoms with Gasteiger partial charge in [0.05, 0.1) is 0 Å². The molecular weight excluding hydrogens is 180 g/mol. The van der Waals surface area contributed by atoms with Crippen LogP contribution in [0.15, 0.2) is 0 Å². The van der Waals surface area contributed by atoms with Crippen molar-refractivity contribution >= 4 is 5.91 Å². The Bertz CT molecular complexity index is 168. The predicted octanol–water partition coefficient (Wildman–Crippen LogP) is 0.139. The number of hydrogen-bond donors (Lipinski definition) is 2. The van der Waals surface area contributed by atoms with Gasteiger partial charge in [-0.05, 0) is 38.3 Å². The highest BCUT2D eigenvalue weighted by molar-refractivity contribution is 5.76. The van der Waals surface area contributed by atoms with Crippen LogP contribution in [0.2, 0.25) is 0 Å². The minimum atomic E-state index is -0.0460. The van der Waals surface area contributed by atoms with Gasteiger partial charge >= 0.3 is 0 Å². The third kappa shape index (κ3) is 4.58. The van der Waals surface area contributed by atoms with Crippen LogP contribution in [0.4, 0.5) is 0 Å². The number of likely N-dealkylation sites (N-methyl/N-ethyl adjacent to an activating group) is 1. The van der Waals surface area contributed by atoms with Gasteiger partial charge in [-0.1, -0.05) is 0 Å². The van der Waals surface area contributed by atoms with E-state index in [1.165, 1.54) is 12.8 Å². The molecule has 4 heteroatoms. The Balaban J connectivity index is 1.94. The zero-order valence-electron chi connectivity index (χ0n) is 8.84. The lowest BCUT2D eigenvalue weighted by Crippen LogP contribution is -2.29. The van der Waals surface area contributed by atoms with Gasteiger partial charge in [0.25, 0.3) is 0 Å². The van der Waals surface area contributed by atoms with Crippen LogP contribution < -0.4 is 10.6 Å². The number of hydrogen-bond acceptors (Lipinski definition) is 3. The predicted molar refractivity (Wildman–Crippen MR) is 55.1 cm³/mol. The number of nitrogens with one attached hydrogen (secondary N) is 2. The summed E-state index contributed by atoms with van der Waals surface area (Å²) in [5.74, 6) is 0.733. The van der Waals surface area contributed by atoms with Gasteiger partial charge in [-0.3, -0.25) is 4.79 Å². The molecule has 1 saturated heterocycles. The lowest BCUT2D eigenvalue weighted by atomic mass is 9.95. The highest BCUT2D eigenvalue weighted by Gasteiger charge is 2.12. The first kappa shape index (κ1) is 11.5. The van der Waals surface area contributed by atoms with Crippen LogP contribution in [0, 0.1) is 5.92 Å². The third-order valence-corrected chi connectivity index (χ3v) is 2.64. The molecule has 0 aromatic heterocycles. The largest absolute Gasteiger partial charge is 0.372 e. The number of carbonyl (C=O) groups is 1. The molecule has 1 heterocycles. The minimum absolute atomic E-state index is 0.0460. The average Bonchev–Trinajstić information content (AvgIpc) is 2.25. The fourth-order valence-corrected chi connectivity index (χ4v) is 1.66. The molecule has 0 unspecified atom stereocenters. The maximum Gasteiger partial charge on any atom is 0.245 e. The first-order chi connectivity index (χ1) is 6.83. The Morgan fingerprint density at radius 1 is 1.50 bits per heavy atom. The second-order valence-corrected chi connectivity index (χ2v) is 3.71. The lowest BCUT2D eigenvalue weighted by molar-refractivity contribution is -0.125. The van der Waals surface area contributed by atoms with Crippen LogP contribution in [-0.2, 0) is 9.53 Å². The molecule has 1 fully saturated rings. The molecule has 0 radical (unpaired) electrons. The van der Waals surface area contributed by atoms with Gasteiger partial charge < -0.3 is 15.4 Å². The summed E-state index contributed by atoms with van der Waals surface area (Å²) in [5, 5.41) is 5.86. The van der Waals surface area contributed by atoms with E-state index in [4.69, 9.17) is 4.74 Å². The summed E-state index contributed by atoms with van der Waals surface area (Å²) in [6.07, 6.45) is 3.56. The van der Waals surface area contributed by atoms with Crippen molar-refractivity contribution in [1.82, 2.24) is 10.6 Å². The number of ether oxygens (including phenoxy) is 1. The zero-order valence-corrected chi connectivity index (χ0v) is 8.84. The minimum Gasteiger partial charge on any atom is -0.372 e. The molecule has 0 bridgehead atoms. The second-order valence-electron chi connectivity index (χ2n) is 3.71. The van der Waals surface area contributed by atoms with Crippen molar-refractivity contribution < 1.29 is 9.53 Å². The third-order valence-electron chi connectivity index (χ3n) is 2.64. The van der Waals surface area contributed by atoms with Crippen LogP contribution in [0.1, 0.15) is 19.3 Å². The van der Waals surface area contributed by atoms with Crippen LogP contribution in [0.5, 0.6) is 0 Å². The maximum atomic E-state index is 10.8. The van der Waals surface area contributed by atoms with Crippen molar-refractivity contribution in [3.05, 3.63) is 0 Å². The Labute approximate surface area is 85.4 Å². The molecule has 0 aromatic carbocycles. The van der Waals surface area contributed by atoms with Gasteiger partial charge in [0.15, 0.2) is 0 Å². The summed E-state index contributed by atoms with van der Waals surface area (Å²) in [6.45, 7) is 3.15. The topological polar surface area (TPSA) is 50.4 Å². The summed E-state index contributed by atoms with van der Waals surface area (Å²) in [6, 6.07) is 0. The van der Waals surface area contributed by atoms with E-state index < -0.39 is 0 Å². The Hall–Kier alpha value is -0.610. The molecule has 1 rings (SSSR count). The molecule has 2 N–H and O–H groups in total. The molecule has 0 saturated carbocycles. The average molecular weight is 200 g/mol.